The molecule has 218 valence electrons. The molecular formula is C29H33F2N5O5. The number of anilines is 1. The Balaban J connectivity index is 1.35. The van der Waals surface area contributed by atoms with Gasteiger partial charge in [-0.2, -0.15) is 0 Å². The number of benzene rings is 2. The van der Waals surface area contributed by atoms with Crippen LogP contribution in [-0.2, 0) is 6.54 Å². The Morgan fingerprint density at radius 2 is 1.83 bits per heavy atom. The molecule has 1 saturated heterocycles. The van der Waals surface area contributed by atoms with Crippen molar-refractivity contribution in [2.75, 3.05) is 25.5 Å². The average molecular weight is 570 g/mol. The molecule has 1 aliphatic heterocycles. The highest BCUT2D eigenvalue weighted by molar-refractivity contribution is 5.95. The zero-order valence-corrected chi connectivity index (χ0v) is 23.2. The van der Waals surface area contributed by atoms with Crippen LogP contribution >= 0.6 is 0 Å². The summed E-state index contributed by atoms with van der Waals surface area (Å²) in [6.07, 6.45) is 3.03. The second-order valence-electron chi connectivity index (χ2n) is 11.0. The zero-order valence-electron chi connectivity index (χ0n) is 23.2. The molecule has 1 aromatic heterocycles. The van der Waals surface area contributed by atoms with Gasteiger partial charge in [-0.05, 0) is 63.6 Å². The summed E-state index contributed by atoms with van der Waals surface area (Å²) in [5.41, 5.74) is -1.15. The van der Waals surface area contributed by atoms with Gasteiger partial charge in [-0.3, -0.25) is 18.7 Å². The number of nitrogens with zero attached hydrogens (tertiary/aromatic N) is 3. The number of hydrogen-bond donors (Lipinski definition) is 2. The number of methoxy groups -OCH3 is 1. The first kappa shape index (κ1) is 28.3. The van der Waals surface area contributed by atoms with Gasteiger partial charge in [-0.25, -0.2) is 18.4 Å². The molecule has 0 spiro atoms. The summed E-state index contributed by atoms with van der Waals surface area (Å²) < 4.78 is 37.2. The molecule has 12 heteroatoms. The molecule has 0 bridgehead atoms. The van der Waals surface area contributed by atoms with Crippen molar-refractivity contribution >= 4 is 28.5 Å². The van der Waals surface area contributed by atoms with E-state index in [1.807, 2.05) is 0 Å². The number of halogens is 2. The Bertz CT molecular complexity index is 1630. The zero-order chi connectivity index (χ0) is 29.4. The fraction of sp³-hybridized carbons (Fsp3) is 0.448. The number of piperidine rings is 1. The van der Waals surface area contributed by atoms with E-state index in [1.54, 1.807) is 13.8 Å². The molecule has 0 radical (unpaired) electrons. The molecule has 5 rings (SSSR count). The molecule has 3 aromatic rings. The van der Waals surface area contributed by atoms with E-state index in [0.717, 1.165) is 25.0 Å². The standard InChI is InChI=1S/C29H33F2N5O5/c1-16(2)36-25-13-23(31)24(12-21(25)27(38)35(29(36)40)14-17-6-7-17)33-28(39)34-10-4-5-18(15-34)32-26(37)20-9-8-19(41-3)11-22(20)30/h8-9,11-13,16-18H,4-7,10,14-15H2,1-3H3,(H,32,37)(H,33,39)/t18-/m1/s1. The number of rotatable bonds is 7. The van der Waals surface area contributed by atoms with Crippen LogP contribution in [-0.4, -0.2) is 52.2 Å². The van der Waals surface area contributed by atoms with Gasteiger partial charge in [0, 0.05) is 43.9 Å². The van der Waals surface area contributed by atoms with E-state index in [4.69, 9.17) is 4.74 Å². The van der Waals surface area contributed by atoms with E-state index in [0.29, 0.717) is 25.9 Å². The lowest BCUT2D eigenvalue weighted by Gasteiger charge is -2.33. The number of amides is 3. The average Bonchev–Trinajstić information content (AvgIpc) is 3.76. The van der Waals surface area contributed by atoms with Crippen LogP contribution in [0, 0.1) is 17.6 Å². The lowest BCUT2D eigenvalue weighted by atomic mass is 10.1. The summed E-state index contributed by atoms with van der Waals surface area (Å²) >= 11 is 0. The van der Waals surface area contributed by atoms with E-state index >= 15 is 4.39 Å². The first-order valence-corrected chi connectivity index (χ1v) is 13.8. The van der Waals surface area contributed by atoms with Gasteiger partial charge in [0.1, 0.15) is 17.4 Å². The Hall–Kier alpha value is -4.22. The summed E-state index contributed by atoms with van der Waals surface area (Å²) in [4.78, 5) is 53.7. The molecule has 0 unspecified atom stereocenters. The third-order valence-electron chi connectivity index (χ3n) is 7.62. The molecule has 41 heavy (non-hydrogen) atoms. The number of carbonyl (C=O) groups is 2. The maximum Gasteiger partial charge on any atom is 0.331 e. The minimum absolute atomic E-state index is 0.131. The van der Waals surface area contributed by atoms with E-state index in [9.17, 15) is 23.6 Å². The van der Waals surface area contributed by atoms with E-state index in [1.165, 1.54) is 39.3 Å². The number of hydrogen-bond acceptors (Lipinski definition) is 5. The molecule has 1 atom stereocenters. The van der Waals surface area contributed by atoms with E-state index in [-0.39, 0.29) is 46.4 Å². The number of nitrogens with one attached hydrogen (secondary N) is 2. The fourth-order valence-electron chi connectivity index (χ4n) is 5.26. The van der Waals surface area contributed by atoms with Crippen LogP contribution < -0.4 is 26.6 Å². The van der Waals surface area contributed by atoms with Crippen molar-refractivity contribution in [3.63, 3.8) is 0 Å². The smallest absolute Gasteiger partial charge is 0.331 e. The SMILES string of the molecule is COc1ccc(C(=O)N[C@@H]2CCCN(C(=O)Nc3cc4c(=O)n(CC5CC5)c(=O)n(C(C)C)c4cc3F)C2)c(F)c1. The molecule has 10 nitrogen and oxygen atoms in total. The molecule has 1 aliphatic carbocycles. The van der Waals surface area contributed by atoms with Crippen LogP contribution in [0.25, 0.3) is 10.9 Å². The van der Waals surface area contributed by atoms with Crippen molar-refractivity contribution < 1.29 is 23.1 Å². The molecular weight excluding hydrogens is 536 g/mol. The van der Waals surface area contributed by atoms with Crippen molar-refractivity contribution in [1.29, 1.82) is 0 Å². The minimum Gasteiger partial charge on any atom is -0.497 e. The van der Waals surface area contributed by atoms with Gasteiger partial charge >= 0.3 is 11.7 Å². The Morgan fingerprint density at radius 3 is 2.49 bits per heavy atom. The minimum atomic E-state index is -0.782. The van der Waals surface area contributed by atoms with Crippen molar-refractivity contribution in [2.24, 2.45) is 5.92 Å². The molecule has 2 N–H and O–H groups in total. The van der Waals surface area contributed by atoms with Crippen LogP contribution in [0.15, 0.2) is 39.9 Å². The molecule has 2 heterocycles. The lowest BCUT2D eigenvalue weighted by molar-refractivity contribution is 0.0908. The maximum absolute atomic E-state index is 15.2. The summed E-state index contributed by atoms with van der Waals surface area (Å²) in [6, 6.07) is 4.96. The van der Waals surface area contributed by atoms with Gasteiger partial charge in [-0.15, -0.1) is 0 Å². The Kier molecular flexibility index (Phi) is 7.83. The van der Waals surface area contributed by atoms with Crippen molar-refractivity contribution in [3.8, 4) is 5.75 Å². The highest BCUT2D eigenvalue weighted by Crippen LogP contribution is 2.30. The molecule has 2 aliphatic rings. The normalized spacial score (nSPS) is 17.1. The third-order valence-corrected chi connectivity index (χ3v) is 7.62. The molecule has 1 saturated carbocycles. The van der Waals surface area contributed by atoms with Crippen molar-refractivity contribution in [2.45, 2.75) is 58.2 Å². The maximum atomic E-state index is 15.2. The predicted molar refractivity (Wildman–Crippen MR) is 150 cm³/mol. The molecule has 3 amide bonds. The highest BCUT2D eigenvalue weighted by atomic mass is 19.1. The second kappa shape index (κ2) is 11.3. The number of urea groups is 1. The van der Waals surface area contributed by atoms with Gasteiger partial charge in [0.05, 0.1) is 29.3 Å². The number of aromatic nitrogens is 2. The van der Waals surface area contributed by atoms with Crippen LogP contribution in [0.1, 0.15) is 55.9 Å². The van der Waals surface area contributed by atoms with E-state index in [2.05, 4.69) is 10.6 Å². The summed E-state index contributed by atoms with van der Waals surface area (Å²) in [6.45, 7) is 4.38. The van der Waals surface area contributed by atoms with Crippen LogP contribution in [0.5, 0.6) is 5.75 Å². The second-order valence-corrected chi connectivity index (χ2v) is 11.0. The predicted octanol–water partition coefficient (Wildman–Crippen LogP) is 3.87. The number of fused-ring (bicyclic) bond motifs is 1. The molecule has 2 aromatic carbocycles. The topological polar surface area (TPSA) is 115 Å². The summed E-state index contributed by atoms with van der Waals surface area (Å²) in [5, 5.41) is 5.45. The largest absolute Gasteiger partial charge is 0.497 e. The number of carbonyl (C=O) groups excluding carboxylic acids is 2. The Labute approximate surface area is 234 Å². The highest BCUT2D eigenvalue weighted by Gasteiger charge is 2.28. The third kappa shape index (κ3) is 5.82. The lowest BCUT2D eigenvalue weighted by Crippen LogP contribution is -2.50. The van der Waals surface area contributed by atoms with Gasteiger partial charge in [0.15, 0.2) is 0 Å². The van der Waals surface area contributed by atoms with Crippen molar-refractivity contribution in [1.82, 2.24) is 19.4 Å². The first-order chi connectivity index (χ1) is 19.6. The summed E-state index contributed by atoms with van der Waals surface area (Å²) in [7, 11) is 1.40. The van der Waals surface area contributed by atoms with Gasteiger partial charge in [0.25, 0.3) is 11.5 Å². The van der Waals surface area contributed by atoms with E-state index < -0.39 is 40.9 Å². The van der Waals surface area contributed by atoms with Gasteiger partial charge in [0.2, 0.25) is 0 Å². The summed E-state index contributed by atoms with van der Waals surface area (Å²) in [5.74, 6) is -1.56. The number of ether oxygens (including phenoxy) is 1. The quantitative estimate of drug-likeness (QED) is 0.449. The number of likely N-dealkylation sites (tertiary alicyclic amines) is 1. The molecule has 2 fully saturated rings. The Morgan fingerprint density at radius 1 is 1.07 bits per heavy atom. The monoisotopic (exact) mass is 569 g/mol. The van der Waals surface area contributed by atoms with Crippen molar-refractivity contribution in [3.05, 3.63) is 68.4 Å². The van der Waals surface area contributed by atoms with Gasteiger partial charge < -0.3 is 20.3 Å². The fourth-order valence-corrected chi connectivity index (χ4v) is 5.26. The van der Waals surface area contributed by atoms with Crippen LogP contribution in [0.3, 0.4) is 0 Å². The van der Waals surface area contributed by atoms with Crippen LogP contribution in [0.2, 0.25) is 0 Å². The van der Waals surface area contributed by atoms with Crippen LogP contribution in [0.4, 0.5) is 19.3 Å². The first-order valence-electron chi connectivity index (χ1n) is 13.8. The van der Waals surface area contributed by atoms with Gasteiger partial charge in [-0.1, -0.05) is 0 Å².